The molecule has 0 bridgehead atoms. The van der Waals surface area contributed by atoms with Gasteiger partial charge in [0.1, 0.15) is 0 Å². The lowest BCUT2D eigenvalue weighted by atomic mass is 9.98. The van der Waals surface area contributed by atoms with Crippen LogP contribution in [0.4, 0.5) is 0 Å². The average molecular weight is 483 g/mol. The fraction of sp³-hybridized carbons (Fsp3) is 0.208. The highest BCUT2D eigenvalue weighted by molar-refractivity contribution is 7.89. The van der Waals surface area contributed by atoms with Gasteiger partial charge in [-0.15, -0.1) is 22.7 Å². The van der Waals surface area contributed by atoms with E-state index in [2.05, 4.69) is 11.4 Å². The van der Waals surface area contributed by atoms with Gasteiger partial charge < -0.3 is 4.90 Å². The Morgan fingerprint density at radius 1 is 1.03 bits per heavy atom. The lowest BCUT2D eigenvalue weighted by Gasteiger charge is -2.36. The predicted molar refractivity (Wildman–Crippen MR) is 130 cm³/mol. The van der Waals surface area contributed by atoms with E-state index >= 15 is 0 Å². The van der Waals surface area contributed by atoms with Gasteiger partial charge in [0, 0.05) is 23.3 Å². The van der Waals surface area contributed by atoms with Crippen molar-refractivity contribution in [2.24, 2.45) is 0 Å². The van der Waals surface area contributed by atoms with Crippen molar-refractivity contribution in [1.82, 2.24) is 9.21 Å². The summed E-state index contributed by atoms with van der Waals surface area (Å²) in [5.41, 5.74) is 1.15. The molecule has 32 heavy (non-hydrogen) atoms. The Hall–Kier alpha value is -2.52. The van der Waals surface area contributed by atoms with Gasteiger partial charge in [-0.05, 0) is 57.8 Å². The topological polar surface area (TPSA) is 57.7 Å². The fourth-order valence-corrected chi connectivity index (χ4v) is 7.13. The van der Waals surface area contributed by atoms with E-state index in [1.165, 1.54) is 11.9 Å². The molecular weight excluding hydrogens is 460 g/mol. The Bertz CT molecular complexity index is 1380. The molecule has 5 rings (SSSR count). The molecule has 4 aromatic rings. The van der Waals surface area contributed by atoms with Crippen molar-refractivity contribution in [3.63, 3.8) is 0 Å². The van der Waals surface area contributed by atoms with Crippen LogP contribution in [0.1, 0.15) is 21.4 Å². The van der Waals surface area contributed by atoms with Gasteiger partial charge in [0.05, 0.1) is 17.5 Å². The second kappa shape index (κ2) is 8.44. The summed E-state index contributed by atoms with van der Waals surface area (Å²) in [4.78, 5) is 17.8. The molecule has 0 N–H and O–H groups in total. The largest absolute Gasteiger partial charge is 0.329 e. The fourth-order valence-electron chi connectivity index (χ4n) is 4.21. The molecule has 3 heterocycles. The molecule has 0 saturated heterocycles. The number of rotatable bonds is 5. The van der Waals surface area contributed by atoms with Gasteiger partial charge in [0.25, 0.3) is 0 Å². The number of fused-ring (bicyclic) bond motifs is 2. The summed E-state index contributed by atoms with van der Waals surface area (Å²) in [5.74, 6) is -0.188. The van der Waals surface area contributed by atoms with Gasteiger partial charge in [-0.25, -0.2) is 8.42 Å². The van der Waals surface area contributed by atoms with Crippen LogP contribution in [0.15, 0.2) is 76.3 Å². The van der Waals surface area contributed by atoms with Crippen LogP contribution < -0.4 is 0 Å². The Balaban J connectivity index is 1.41. The quantitative estimate of drug-likeness (QED) is 0.412. The first kappa shape index (κ1) is 21.3. The molecule has 164 valence electrons. The van der Waals surface area contributed by atoms with E-state index in [1.807, 2.05) is 46.7 Å². The normalized spacial score (nSPS) is 16.4. The summed E-state index contributed by atoms with van der Waals surface area (Å²) in [7, 11) is -2.32. The van der Waals surface area contributed by atoms with Crippen molar-refractivity contribution >= 4 is 49.4 Å². The van der Waals surface area contributed by atoms with Gasteiger partial charge in [-0.1, -0.05) is 36.4 Å². The number of amides is 1. The zero-order valence-electron chi connectivity index (χ0n) is 17.5. The highest BCUT2D eigenvalue weighted by Gasteiger charge is 2.35. The van der Waals surface area contributed by atoms with Crippen molar-refractivity contribution in [1.29, 1.82) is 0 Å². The minimum atomic E-state index is -3.79. The third-order valence-corrected chi connectivity index (χ3v) is 9.61. The van der Waals surface area contributed by atoms with Crippen LogP contribution in [0, 0.1) is 0 Å². The molecule has 1 aliphatic rings. The predicted octanol–water partition coefficient (Wildman–Crippen LogP) is 4.76. The molecule has 0 aliphatic carbocycles. The Labute approximate surface area is 195 Å². The second-order valence-corrected chi connectivity index (χ2v) is 11.8. The number of likely N-dealkylation sites (N-methyl/N-ethyl adjacent to an activating group) is 1. The molecule has 1 atom stereocenters. The minimum Gasteiger partial charge on any atom is -0.329 e. The van der Waals surface area contributed by atoms with Gasteiger partial charge >= 0.3 is 0 Å². The van der Waals surface area contributed by atoms with Gasteiger partial charge in [-0.3, -0.25) is 4.79 Å². The van der Waals surface area contributed by atoms with Crippen molar-refractivity contribution < 1.29 is 13.2 Å². The maximum absolute atomic E-state index is 13.4. The smallest absolute Gasteiger partial charge is 0.243 e. The lowest BCUT2D eigenvalue weighted by molar-refractivity contribution is -0.133. The molecule has 8 heteroatoms. The number of benzene rings is 2. The first-order valence-corrected chi connectivity index (χ1v) is 13.5. The summed E-state index contributed by atoms with van der Waals surface area (Å²) < 4.78 is 27.6. The molecule has 0 radical (unpaired) electrons. The molecule has 0 saturated carbocycles. The number of carbonyl (C=O) groups excluding carboxylic acids is 1. The van der Waals surface area contributed by atoms with E-state index in [-0.39, 0.29) is 23.4 Å². The molecule has 1 amide bonds. The SMILES string of the molecule is CN(CC(=O)N1CCc2sccc2C1c1cccs1)S(=O)(=O)c1ccc2ccccc2c1. The maximum atomic E-state index is 13.4. The number of carbonyl (C=O) groups is 1. The summed E-state index contributed by atoms with van der Waals surface area (Å²) in [6.45, 7) is 0.384. The monoisotopic (exact) mass is 482 g/mol. The molecule has 1 unspecified atom stereocenters. The highest BCUT2D eigenvalue weighted by atomic mass is 32.2. The molecule has 5 nitrogen and oxygen atoms in total. The van der Waals surface area contributed by atoms with Crippen molar-refractivity contribution in [3.8, 4) is 0 Å². The summed E-state index contributed by atoms with van der Waals surface area (Å²) in [6, 6.07) is 18.6. The first-order valence-electron chi connectivity index (χ1n) is 10.3. The summed E-state index contributed by atoms with van der Waals surface area (Å²) >= 11 is 3.34. The molecule has 2 aromatic carbocycles. The minimum absolute atomic E-state index is 0.158. The van der Waals surface area contributed by atoms with Crippen LogP contribution in [0.2, 0.25) is 0 Å². The molecule has 2 aromatic heterocycles. The number of nitrogens with zero attached hydrogens (tertiary/aromatic N) is 2. The summed E-state index contributed by atoms with van der Waals surface area (Å²) in [6.07, 6.45) is 0.793. The van der Waals surface area contributed by atoms with E-state index in [1.54, 1.807) is 40.9 Å². The second-order valence-electron chi connectivity index (χ2n) is 7.82. The zero-order valence-corrected chi connectivity index (χ0v) is 19.9. The number of thiophene rings is 2. The van der Waals surface area contributed by atoms with Crippen LogP contribution in [-0.2, 0) is 21.2 Å². The van der Waals surface area contributed by atoms with E-state index in [4.69, 9.17) is 0 Å². The number of hydrogen-bond acceptors (Lipinski definition) is 5. The van der Waals surface area contributed by atoms with Gasteiger partial charge in [0.2, 0.25) is 15.9 Å². The van der Waals surface area contributed by atoms with E-state index in [9.17, 15) is 13.2 Å². The van der Waals surface area contributed by atoms with Crippen LogP contribution in [0.5, 0.6) is 0 Å². The molecule has 0 spiro atoms. The van der Waals surface area contributed by atoms with E-state index in [0.29, 0.717) is 6.54 Å². The van der Waals surface area contributed by atoms with Crippen molar-refractivity contribution in [2.75, 3.05) is 20.1 Å². The first-order chi connectivity index (χ1) is 15.4. The van der Waals surface area contributed by atoms with Crippen LogP contribution in [-0.4, -0.2) is 43.7 Å². The molecular formula is C24H22N2O3S3. The van der Waals surface area contributed by atoms with Crippen LogP contribution in [0.25, 0.3) is 10.8 Å². The third-order valence-electron chi connectivity index (χ3n) is 5.89. The lowest BCUT2D eigenvalue weighted by Crippen LogP contribution is -2.45. The average Bonchev–Trinajstić information content (AvgIpc) is 3.50. The van der Waals surface area contributed by atoms with Gasteiger partial charge in [0.15, 0.2) is 0 Å². The van der Waals surface area contributed by atoms with Gasteiger partial charge in [-0.2, -0.15) is 4.31 Å². The van der Waals surface area contributed by atoms with Crippen LogP contribution >= 0.6 is 22.7 Å². The molecule has 1 aliphatic heterocycles. The Morgan fingerprint density at radius 2 is 1.84 bits per heavy atom. The third kappa shape index (κ3) is 3.77. The standard InChI is InChI=1S/C24H22N2O3S3/c1-25(32(28,29)19-9-8-17-5-2-3-6-18(17)15-19)16-23(27)26-12-10-21-20(11-14-31-21)24(26)22-7-4-13-30-22/h2-9,11,13-15,24H,10,12,16H2,1H3. The van der Waals surface area contributed by atoms with E-state index < -0.39 is 10.0 Å². The molecule has 0 fully saturated rings. The van der Waals surface area contributed by atoms with Crippen molar-refractivity contribution in [2.45, 2.75) is 17.4 Å². The van der Waals surface area contributed by atoms with E-state index in [0.717, 1.165) is 31.9 Å². The number of hydrogen-bond donors (Lipinski definition) is 0. The van der Waals surface area contributed by atoms with Crippen molar-refractivity contribution in [3.05, 3.63) is 86.7 Å². The number of sulfonamides is 1. The highest BCUT2D eigenvalue weighted by Crippen LogP contribution is 2.39. The Morgan fingerprint density at radius 3 is 2.62 bits per heavy atom. The van der Waals surface area contributed by atoms with Crippen LogP contribution in [0.3, 0.4) is 0 Å². The maximum Gasteiger partial charge on any atom is 0.243 e. The summed E-state index contributed by atoms with van der Waals surface area (Å²) in [5, 5.41) is 5.90. The Kier molecular flexibility index (Phi) is 5.63. The zero-order chi connectivity index (χ0) is 22.3.